The average molecular weight is 439 g/mol. The van der Waals surface area contributed by atoms with Crippen LogP contribution in [0.2, 0.25) is 0 Å². The number of methoxy groups -OCH3 is 1. The Morgan fingerprint density at radius 1 is 1.23 bits per heavy atom. The molecule has 26 heavy (non-hydrogen) atoms. The van der Waals surface area contributed by atoms with Gasteiger partial charge in [0.05, 0.1) is 12.8 Å². The van der Waals surface area contributed by atoms with Crippen molar-refractivity contribution < 1.29 is 17.9 Å². The van der Waals surface area contributed by atoms with Crippen molar-refractivity contribution in [2.24, 2.45) is 7.05 Å². The predicted molar refractivity (Wildman–Crippen MR) is 101 cm³/mol. The number of aromatic nitrogens is 2. The molecule has 0 fully saturated rings. The van der Waals surface area contributed by atoms with E-state index < -0.39 is 16.1 Å². The highest BCUT2D eigenvalue weighted by Crippen LogP contribution is 2.26. The summed E-state index contributed by atoms with van der Waals surface area (Å²) in [5.74, 6) is -0.398. The number of amides is 1. The number of hydrogen-bond acceptors (Lipinski definition) is 5. The number of rotatable bonds is 5. The molecule has 10 heteroatoms. The van der Waals surface area contributed by atoms with Crippen LogP contribution in [-0.2, 0) is 17.3 Å². The Labute approximate surface area is 158 Å². The summed E-state index contributed by atoms with van der Waals surface area (Å²) in [4.78, 5) is 12.4. The quantitative estimate of drug-likeness (QED) is 0.636. The molecule has 2 N–H and O–H groups in total. The molecule has 136 valence electrons. The van der Waals surface area contributed by atoms with E-state index >= 15 is 0 Å². The van der Waals surface area contributed by atoms with Crippen LogP contribution in [0.25, 0.3) is 10.9 Å². The minimum absolute atomic E-state index is 0.142. The zero-order chi connectivity index (χ0) is 18.9. The Kier molecular flexibility index (Phi) is 4.88. The number of ether oxygens (including phenoxy) is 1. The summed E-state index contributed by atoms with van der Waals surface area (Å²) in [5.41, 5.74) is 1.06. The fraction of sp³-hybridized carbons (Fsp3) is 0.125. The number of nitrogens with one attached hydrogen (secondary N) is 2. The molecular formula is C16H15BrN4O4S. The molecule has 1 heterocycles. The number of halogens is 1. The smallest absolute Gasteiger partial charge is 0.323 e. The van der Waals surface area contributed by atoms with E-state index in [0.29, 0.717) is 22.3 Å². The molecule has 1 amide bonds. The first-order valence-corrected chi connectivity index (χ1v) is 9.67. The first-order valence-electron chi connectivity index (χ1n) is 7.39. The van der Waals surface area contributed by atoms with Gasteiger partial charge < -0.3 is 4.74 Å². The molecule has 0 atom stereocenters. The van der Waals surface area contributed by atoms with Gasteiger partial charge in [0.25, 0.3) is 5.91 Å². The molecule has 0 bridgehead atoms. The van der Waals surface area contributed by atoms with Gasteiger partial charge in [0, 0.05) is 28.7 Å². The maximum absolute atomic E-state index is 12.4. The lowest BCUT2D eigenvalue weighted by Gasteiger charge is -2.10. The lowest BCUT2D eigenvalue weighted by molar-refractivity contribution is 0.0981. The van der Waals surface area contributed by atoms with Crippen LogP contribution in [0.4, 0.5) is 5.69 Å². The molecule has 0 aliphatic rings. The monoisotopic (exact) mass is 438 g/mol. The maximum atomic E-state index is 12.4. The minimum Gasteiger partial charge on any atom is -0.494 e. The lowest BCUT2D eigenvalue weighted by Crippen LogP contribution is -2.35. The van der Waals surface area contributed by atoms with E-state index in [1.807, 2.05) is 4.72 Å². The van der Waals surface area contributed by atoms with Gasteiger partial charge in [-0.3, -0.25) is 14.2 Å². The van der Waals surface area contributed by atoms with Gasteiger partial charge in [-0.15, -0.1) is 0 Å². The highest BCUT2D eigenvalue weighted by molar-refractivity contribution is 9.10. The number of anilines is 1. The Morgan fingerprint density at radius 3 is 2.58 bits per heavy atom. The molecular weight excluding hydrogens is 424 g/mol. The van der Waals surface area contributed by atoms with Crippen LogP contribution in [-0.4, -0.2) is 31.2 Å². The molecule has 1 aromatic heterocycles. The van der Waals surface area contributed by atoms with Gasteiger partial charge in [0.2, 0.25) is 0 Å². The number of hydrogen-bond donors (Lipinski definition) is 2. The summed E-state index contributed by atoms with van der Waals surface area (Å²) in [6, 6.07) is 9.49. The molecule has 0 spiro atoms. The van der Waals surface area contributed by atoms with E-state index in [9.17, 15) is 13.2 Å². The third-order valence-corrected chi connectivity index (χ3v) is 4.98. The standard InChI is InChI=1S/C16H15BrN4O4S/c1-21-9-11-7-10(8-14(25-2)15(11)18-21)16(22)20-26(23,24)19-13-5-3-12(17)4-6-13/h3-9,19H,1-2H3,(H,20,22). The fourth-order valence-electron chi connectivity index (χ4n) is 2.39. The van der Waals surface area contributed by atoms with Gasteiger partial charge in [0.1, 0.15) is 11.3 Å². The van der Waals surface area contributed by atoms with Crippen LogP contribution < -0.4 is 14.2 Å². The van der Waals surface area contributed by atoms with E-state index in [-0.39, 0.29) is 5.56 Å². The molecule has 0 radical (unpaired) electrons. The second-order valence-corrected chi connectivity index (χ2v) is 7.79. The summed E-state index contributed by atoms with van der Waals surface area (Å²) in [6.07, 6.45) is 1.71. The second-order valence-electron chi connectivity index (χ2n) is 5.46. The van der Waals surface area contributed by atoms with Gasteiger partial charge in [-0.05, 0) is 36.4 Å². The van der Waals surface area contributed by atoms with E-state index in [1.54, 1.807) is 48.3 Å². The first kappa shape index (κ1) is 18.2. The molecule has 0 saturated carbocycles. The zero-order valence-corrected chi connectivity index (χ0v) is 16.3. The molecule has 2 aromatic carbocycles. The predicted octanol–water partition coefficient (Wildman–Crippen LogP) is 2.43. The van der Waals surface area contributed by atoms with Crippen LogP contribution in [0.3, 0.4) is 0 Å². The van der Waals surface area contributed by atoms with Crippen LogP contribution in [0.1, 0.15) is 10.4 Å². The number of carbonyl (C=O) groups excluding carboxylic acids is 1. The summed E-state index contributed by atoms with van der Waals surface area (Å²) in [7, 11) is -0.892. The zero-order valence-electron chi connectivity index (χ0n) is 13.9. The fourth-order valence-corrected chi connectivity index (χ4v) is 3.51. The van der Waals surface area contributed by atoms with Crippen molar-refractivity contribution in [2.75, 3.05) is 11.8 Å². The van der Waals surface area contributed by atoms with Crippen molar-refractivity contribution >= 4 is 48.6 Å². The molecule has 0 unspecified atom stereocenters. The Balaban J connectivity index is 1.84. The summed E-state index contributed by atoms with van der Waals surface area (Å²) in [5, 5.41) is 4.91. The number of nitrogens with zero attached hydrogens (tertiary/aromatic N) is 2. The Morgan fingerprint density at radius 2 is 1.92 bits per heavy atom. The van der Waals surface area contributed by atoms with Crippen molar-refractivity contribution in [3.63, 3.8) is 0 Å². The molecule has 3 rings (SSSR count). The maximum Gasteiger partial charge on any atom is 0.323 e. The van der Waals surface area contributed by atoms with Crippen molar-refractivity contribution in [1.29, 1.82) is 0 Å². The molecule has 0 aliphatic heterocycles. The number of aryl methyl sites for hydroxylation is 1. The third-order valence-electron chi connectivity index (χ3n) is 3.49. The van der Waals surface area contributed by atoms with Crippen LogP contribution in [0.5, 0.6) is 5.75 Å². The SMILES string of the molecule is COc1cc(C(=O)NS(=O)(=O)Nc2ccc(Br)cc2)cc2cn(C)nc12. The number of carbonyl (C=O) groups is 1. The molecule has 3 aromatic rings. The van der Waals surface area contributed by atoms with Crippen molar-refractivity contribution in [2.45, 2.75) is 0 Å². The summed E-state index contributed by atoms with van der Waals surface area (Å²) >= 11 is 3.27. The van der Waals surface area contributed by atoms with Gasteiger partial charge in [-0.1, -0.05) is 15.9 Å². The van der Waals surface area contributed by atoms with E-state index in [4.69, 9.17) is 4.74 Å². The Bertz CT molecular complexity index is 1080. The highest BCUT2D eigenvalue weighted by atomic mass is 79.9. The van der Waals surface area contributed by atoms with E-state index in [0.717, 1.165) is 4.47 Å². The largest absolute Gasteiger partial charge is 0.494 e. The average Bonchev–Trinajstić information content (AvgIpc) is 2.95. The van der Waals surface area contributed by atoms with E-state index in [1.165, 1.54) is 13.2 Å². The van der Waals surface area contributed by atoms with Gasteiger partial charge in [-0.2, -0.15) is 13.5 Å². The number of benzene rings is 2. The van der Waals surface area contributed by atoms with Gasteiger partial charge >= 0.3 is 10.2 Å². The summed E-state index contributed by atoms with van der Waals surface area (Å²) < 4.78 is 36.3. The van der Waals surface area contributed by atoms with Crippen molar-refractivity contribution in [3.8, 4) is 5.75 Å². The second kappa shape index (κ2) is 6.96. The van der Waals surface area contributed by atoms with Crippen LogP contribution in [0.15, 0.2) is 47.1 Å². The molecule has 0 aliphatic carbocycles. The minimum atomic E-state index is -4.09. The van der Waals surface area contributed by atoms with Crippen LogP contribution >= 0.6 is 15.9 Å². The Hall–Kier alpha value is -2.59. The molecule has 8 nitrogen and oxygen atoms in total. The third kappa shape index (κ3) is 3.97. The van der Waals surface area contributed by atoms with Gasteiger partial charge in [-0.25, -0.2) is 4.72 Å². The van der Waals surface area contributed by atoms with Gasteiger partial charge in [0.15, 0.2) is 0 Å². The van der Waals surface area contributed by atoms with E-state index in [2.05, 4.69) is 25.8 Å². The highest BCUT2D eigenvalue weighted by Gasteiger charge is 2.18. The van der Waals surface area contributed by atoms with Crippen molar-refractivity contribution in [3.05, 3.63) is 52.6 Å². The topological polar surface area (TPSA) is 102 Å². The molecule has 0 saturated heterocycles. The normalized spacial score (nSPS) is 11.3. The van der Waals surface area contributed by atoms with Crippen LogP contribution in [0, 0.1) is 0 Å². The summed E-state index contributed by atoms with van der Waals surface area (Å²) in [6.45, 7) is 0. The lowest BCUT2D eigenvalue weighted by atomic mass is 10.1. The van der Waals surface area contributed by atoms with Crippen molar-refractivity contribution in [1.82, 2.24) is 14.5 Å². The first-order chi connectivity index (χ1) is 12.3. The number of fused-ring (bicyclic) bond motifs is 1.